The van der Waals surface area contributed by atoms with Gasteiger partial charge in [0.05, 0.1) is 69.7 Å². The van der Waals surface area contributed by atoms with Crippen molar-refractivity contribution in [3.8, 4) is 0 Å². The number of unbranched alkanes of at least 4 members (excludes halogenated alkanes) is 2. The minimum Gasteiger partial charge on any atom is -0.542 e. The molecule has 14 rings (SSSR count). The van der Waals surface area contributed by atoms with Crippen molar-refractivity contribution in [3.63, 3.8) is 0 Å². The molecule has 4 aliphatic carbocycles. The number of hydrogen-bond donors (Lipinski definition) is 7. The van der Waals surface area contributed by atoms with Crippen LogP contribution in [0.4, 0.5) is 49.1 Å². The normalized spacial score (nSPS) is 16.5. The minimum absolute atomic E-state index is 0.0276. The molecule has 4 unspecified atom stereocenters. The number of carbonyl (C=O) groups is 4. The van der Waals surface area contributed by atoms with E-state index in [0.717, 1.165) is 161 Å². The number of fused-ring (bicyclic) bond motifs is 12. The number of amides is 1. The maximum Gasteiger partial charge on any atom is 0.430 e. The number of nitrogens with zero attached hydrogens (tertiary/aromatic N) is 4. The summed E-state index contributed by atoms with van der Waals surface area (Å²) in [6.07, 6.45) is 11.2. The maximum absolute atomic E-state index is 12.8. The number of carbonyl (C=O) groups excluding carboxylic acids is 4. The molecule has 0 saturated heterocycles. The van der Waals surface area contributed by atoms with Crippen LogP contribution in [0.3, 0.4) is 0 Å². The highest BCUT2D eigenvalue weighted by molar-refractivity contribution is 6.31. The lowest BCUT2D eigenvalue weighted by Gasteiger charge is -2.34. The summed E-state index contributed by atoms with van der Waals surface area (Å²) in [5.41, 5.74) is 30.1. The summed E-state index contributed by atoms with van der Waals surface area (Å²) in [7, 11) is 7.99. The molecule has 4 atom stereocenters. The molecule has 32 heteroatoms. The summed E-state index contributed by atoms with van der Waals surface area (Å²) in [6.45, 7) is 1.97. The second-order valence-electron chi connectivity index (χ2n) is 28.0. The Bertz CT molecular complexity index is 4930. The Balaban J connectivity index is 0.000000183. The number of allylic oxidation sites excluding steroid dienone is 4. The molecule has 568 valence electrons. The van der Waals surface area contributed by atoms with Gasteiger partial charge >= 0.3 is 29.6 Å². The topological polar surface area (TPSA) is 350 Å². The molecule has 0 fully saturated rings. The smallest absolute Gasteiger partial charge is 0.430 e. The van der Waals surface area contributed by atoms with Gasteiger partial charge in [0, 0.05) is 91.4 Å². The number of ether oxygens (including phenoxy) is 1. The van der Waals surface area contributed by atoms with E-state index < -0.39 is 41.5 Å². The predicted molar refractivity (Wildman–Crippen MR) is 381 cm³/mol. The van der Waals surface area contributed by atoms with Gasteiger partial charge in [0.1, 0.15) is 47.6 Å². The first-order chi connectivity index (χ1) is 51.3. The molecule has 1 amide bonds. The van der Waals surface area contributed by atoms with Gasteiger partial charge in [0.2, 0.25) is 22.6 Å². The number of pyridine rings is 2. The highest BCUT2D eigenvalue weighted by atomic mass is 35.5. The van der Waals surface area contributed by atoms with Crippen LogP contribution in [0.1, 0.15) is 121 Å². The number of nitrogen functional groups attached to an aromatic ring is 2. The number of H-pyrrole nitrogens is 4. The number of aliphatic carboxylic acids is 2. The third-order valence-corrected chi connectivity index (χ3v) is 20.1. The van der Waals surface area contributed by atoms with Crippen LogP contribution in [0.15, 0.2) is 139 Å². The third kappa shape index (κ3) is 19.8. The van der Waals surface area contributed by atoms with Crippen molar-refractivity contribution in [2.75, 3.05) is 39.7 Å². The second kappa shape index (κ2) is 33.7. The van der Waals surface area contributed by atoms with Crippen molar-refractivity contribution in [2.45, 2.75) is 140 Å². The highest BCUT2D eigenvalue weighted by Gasteiger charge is 2.39. The number of aromatic amines is 4. The van der Waals surface area contributed by atoms with E-state index in [2.05, 4.69) is 48.1 Å². The van der Waals surface area contributed by atoms with E-state index in [-0.39, 0.29) is 25.4 Å². The van der Waals surface area contributed by atoms with Crippen LogP contribution >= 0.6 is 23.2 Å². The zero-order valence-corrected chi connectivity index (χ0v) is 60.9. The third-order valence-electron chi connectivity index (χ3n) is 19.6. The Morgan fingerprint density at radius 1 is 0.611 bits per heavy atom. The summed E-state index contributed by atoms with van der Waals surface area (Å²) >= 11 is 12.5. The van der Waals surface area contributed by atoms with Gasteiger partial charge in [-0.1, -0.05) is 56.9 Å². The van der Waals surface area contributed by atoms with E-state index in [1.165, 1.54) is 45.8 Å². The number of nitrogens with one attached hydrogen (secondary N) is 7. The number of nitrogens with two attached hydrogens (primary N) is 2. The lowest BCUT2D eigenvalue weighted by molar-refractivity contribution is -0.786. The van der Waals surface area contributed by atoms with Gasteiger partial charge in [-0.25, -0.2) is 19.6 Å². The zero-order chi connectivity index (χ0) is 77.5. The average molecular weight is 1540 g/mol. The molecule has 0 spiro atoms. The molecule has 108 heavy (non-hydrogen) atoms. The number of carboxylic acids is 2. The maximum atomic E-state index is 12.8. The van der Waals surface area contributed by atoms with Crippen molar-refractivity contribution in [3.05, 3.63) is 197 Å². The van der Waals surface area contributed by atoms with E-state index in [1.807, 2.05) is 123 Å². The number of anilines is 2. The van der Waals surface area contributed by atoms with Gasteiger partial charge in [-0.2, -0.15) is 35.7 Å². The number of esters is 1. The Kier molecular flexibility index (Phi) is 24.5. The van der Waals surface area contributed by atoms with E-state index in [0.29, 0.717) is 68.2 Å². The molecule has 4 aliphatic rings. The zero-order valence-electron chi connectivity index (χ0n) is 59.4. The number of rotatable bonds is 20. The van der Waals surface area contributed by atoms with Crippen molar-refractivity contribution < 1.29 is 98.4 Å². The quantitative estimate of drug-likeness (QED) is 0.0115. The number of alkyl halides is 6. The van der Waals surface area contributed by atoms with E-state index in [1.54, 1.807) is 0 Å². The van der Waals surface area contributed by atoms with Gasteiger partial charge in [-0.15, -0.1) is 0 Å². The molecule has 11 N–H and O–H groups in total. The second-order valence-corrected chi connectivity index (χ2v) is 28.9. The lowest BCUT2D eigenvalue weighted by atomic mass is 9.70. The van der Waals surface area contributed by atoms with Crippen molar-refractivity contribution in [1.82, 2.24) is 25.9 Å². The molecular weight excluding hydrogens is 1460 g/mol. The standard InChI is InChI=1S/C36H38ClN7O3.C36H37ClN6O4.2C2HF3O2/c1-43(2)27-7-9-28-23(16-34(46)47-32(28)18-27)15-33(45)39-19-26-20-44(42-41-26)10-4-3-5-21-11-22-13-24(12-21)35-31(14-22)40-30-17-25(37)6-8-29(30)36(35)38;1-42(2)27-7-9-28-23(16-34(45)47-32(28)18-27)15-33(44)46-20-26-19-43(41-40-26)10-4-3-5-21-11-22-13-24(12-21)35-31(14-22)39-30-17-25(37)6-8-29(30)36(35)38;2*3-2(4,5)1(6)7/h6-9,11,16-18,20,22,24H,3-5,10,12-15,19H2,1-2H3,(H3,38,39,40,45);6-9,11,16-19,22,24H,3-5,10,12-15,20H2,1-2H3,(H2,38,39);2*(H,6,7)/p+4. The van der Waals surface area contributed by atoms with Crippen LogP contribution in [-0.2, 0) is 75.8 Å². The number of hydrogen-bond acceptors (Lipinski definition) is 15. The van der Waals surface area contributed by atoms with Crippen LogP contribution in [0.5, 0.6) is 0 Å². The summed E-state index contributed by atoms with van der Waals surface area (Å²) in [6, 6.07) is 25.9. The summed E-state index contributed by atoms with van der Waals surface area (Å²) < 4.78 is 83.3. The predicted octanol–water partition coefficient (Wildman–Crippen LogP) is 6.00. The number of benzene rings is 4. The molecule has 6 heterocycles. The SMILES string of the molecule is C[NH+](C)c1ccc2c(CC(=O)NCc3c[n+](CCCCC4=CC5Cc6[nH+]c7cc(Cl)ccc7c(N)c6C(C4)C5)[nH]n3)cc(=O)oc2c1.C[NH+](C)c1ccc2c(CC(=O)OCc3c[n+](CCCCC4=CC5Cc6[nH+]c7cc(Cl)ccc7c(N)c6C(C4)C5)[nH]n3)cc(=O)oc2c1.O=C([O-])C(F)(F)F.O=C([O-])C(F)(F)F. The molecule has 4 bridgehead atoms. The summed E-state index contributed by atoms with van der Waals surface area (Å²) in [4.78, 5) is 76.9. The van der Waals surface area contributed by atoms with Crippen LogP contribution in [-0.4, -0.2) is 85.0 Å². The average Bonchev–Trinajstić information content (AvgIpc) is 0.861. The number of carboxylic acid groups (broad SMARTS) is 2. The van der Waals surface area contributed by atoms with Gasteiger partial charge in [-0.3, -0.25) is 9.59 Å². The van der Waals surface area contributed by atoms with E-state index >= 15 is 0 Å². The Morgan fingerprint density at radius 3 is 1.48 bits per heavy atom. The molecule has 4 aromatic carbocycles. The molecule has 0 radical (unpaired) electrons. The first-order valence-electron chi connectivity index (χ1n) is 35.1. The highest BCUT2D eigenvalue weighted by Crippen LogP contribution is 2.48. The fourth-order valence-corrected chi connectivity index (χ4v) is 15.0. The van der Waals surface area contributed by atoms with Crippen molar-refractivity contribution in [2.24, 2.45) is 11.8 Å². The first-order valence-corrected chi connectivity index (χ1v) is 35.9. The van der Waals surface area contributed by atoms with Gasteiger partial charge in [-0.05, 0) is 148 Å². The number of quaternary nitrogens is 2. The molecule has 0 aliphatic heterocycles. The molecule has 10 aromatic rings. The Labute approximate surface area is 623 Å². The fraction of sp³-hybridized carbons (Fsp3) is 0.368. The van der Waals surface area contributed by atoms with Crippen molar-refractivity contribution >= 4 is 114 Å². The molecule has 24 nitrogen and oxygen atoms in total. The van der Waals surface area contributed by atoms with Crippen LogP contribution < -0.4 is 67.4 Å². The van der Waals surface area contributed by atoms with Crippen LogP contribution in [0, 0.1) is 11.8 Å². The summed E-state index contributed by atoms with van der Waals surface area (Å²) in [5, 5.41) is 40.3. The number of aromatic nitrogens is 8. The van der Waals surface area contributed by atoms with E-state index in [9.17, 15) is 45.5 Å². The number of aryl methyl sites for hydroxylation is 2. The van der Waals surface area contributed by atoms with Crippen LogP contribution in [0.2, 0.25) is 10.0 Å². The number of halogens is 8. The Morgan fingerprint density at radius 2 is 1.04 bits per heavy atom. The molecule has 6 aromatic heterocycles. The fourth-order valence-electron chi connectivity index (χ4n) is 14.7. The summed E-state index contributed by atoms with van der Waals surface area (Å²) in [5.74, 6) is -4.65. The van der Waals surface area contributed by atoms with E-state index in [4.69, 9.17) is 68.0 Å². The van der Waals surface area contributed by atoms with Crippen molar-refractivity contribution in [1.29, 1.82) is 0 Å². The van der Waals surface area contributed by atoms with Gasteiger partial charge in [0.25, 0.3) is 5.69 Å². The Hall–Kier alpha value is -10.6. The lowest BCUT2D eigenvalue weighted by Crippen LogP contribution is -3.00. The monoisotopic (exact) mass is 1540 g/mol. The first kappa shape index (κ1) is 78.5. The minimum atomic E-state index is -5.19. The van der Waals surface area contributed by atoms with Crippen LogP contribution in [0.25, 0.3) is 43.7 Å². The molecule has 0 saturated carbocycles. The largest absolute Gasteiger partial charge is 0.542 e. The van der Waals surface area contributed by atoms with Gasteiger partial charge in [0.15, 0.2) is 30.4 Å². The van der Waals surface area contributed by atoms with Gasteiger partial charge < -0.3 is 60.0 Å². The molecular formula is C76H81Cl2F6N13O11+4.